The molecule has 0 spiro atoms. The summed E-state index contributed by atoms with van der Waals surface area (Å²) in [5.74, 6) is -3.53. The molecule has 2 atom stereocenters. The van der Waals surface area contributed by atoms with Crippen molar-refractivity contribution in [1.29, 1.82) is 0 Å². The Labute approximate surface area is 237 Å². The van der Waals surface area contributed by atoms with E-state index in [0.717, 1.165) is 47.3 Å². The van der Waals surface area contributed by atoms with Crippen LogP contribution in [0.5, 0.6) is 17.2 Å². The van der Waals surface area contributed by atoms with Gasteiger partial charge in [-0.3, -0.25) is 9.45 Å². The molecule has 0 amide bonds. The number of aryl methyl sites for hydroxylation is 1. The van der Waals surface area contributed by atoms with Crippen LogP contribution in [-0.4, -0.2) is 49.0 Å². The fraction of sp³-hybridized carbons (Fsp3) is 0.385. The number of hydrogen-bond donors (Lipinski definition) is 4. The summed E-state index contributed by atoms with van der Waals surface area (Å²) in [7, 11) is -3.04. The zero-order chi connectivity index (χ0) is 29.5. The normalized spacial score (nSPS) is 18.6. The minimum Gasteiger partial charge on any atom is -0.493 e. The van der Waals surface area contributed by atoms with E-state index in [0.29, 0.717) is 23.1 Å². The van der Waals surface area contributed by atoms with Gasteiger partial charge in [0.05, 0.1) is 36.4 Å². The van der Waals surface area contributed by atoms with Gasteiger partial charge in [0.25, 0.3) is 10.1 Å². The zero-order valence-corrected chi connectivity index (χ0v) is 23.3. The molecule has 1 aliphatic carbocycles. The zero-order valence-electron chi connectivity index (χ0n) is 21.6. The maximum absolute atomic E-state index is 15.3. The average molecular weight is 617 g/mol. The van der Waals surface area contributed by atoms with E-state index in [-0.39, 0.29) is 40.5 Å². The van der Waals surface area contributed by atoms with Crippen LogP contribution in [0, 0.1) is 23.4 Å². The summed E-state index contributed by atoms with van der Waals surface area (Å²) in [6, 6.07) is 4.32. The van der Waals surface area contributed by atoms with Crippen molar-refractivity contribution in [3.8, 4) is 17.2 Å². The molecule has 222 valence electrons. The SMILES string of the molecule is COc1cc(F)c(N2C(O)Nc3csc(CCS(=O)(=O)O)c3C2O)cc1OCc1c(OCC2CC2)ccc(F)c1F. The number of aliphatic hydroxyl groups excluding tert-OH is 2. The molecule has 1 aromatic heterocycles. The number of fused-ring (bicyclic) bond motifs is 1. The third-order valence-corrected chi connectivity index (χ3v) is 8.56. The van der Waals surface area contributed by atoms with Crippen molar-refractivity contribution in [2.45, 2.75) is 38.4 Å². The van der Waals surface area contributed by atoms with Gasteiger partial charge in [-0.05, 0) is 37.3 Å². The molecule has 0 bridgehead atoms. The first-order valence-electron chi connectivity index (χ1n) is 12.5. The van der Waals surface area contributed by atoms with Crippen molar-refractivity contribution >= 4 is 32.8 Å². The Bertz CT molecular complexity index is 1550. The number of thiophene rings is 1. The number of benzene rings is 2. The van der Waals surface area contributed by atoms with Crippen LogP contribution in [0.25, 0.3) is 0 Å². The van der Waals surface area contributed by atoms with Gasteiger partial charge in [-0.2, -0.15) is 8.42 Å². The van der Waals surface area contributed by atoms with Gasteiger partial charge in [0.1, 0.15) is 12.4 Å². The van der Waals surface area contributed by atoms with Crippen LogP contribution in [0.3, 0.4) is 0 Å². The summed E-state index contributed by atoms with van der Waals surface area (Å²) in [4.78, 5) is 1.28. The van der Waals surface area contributed by atoms with Gasteiger partial charge >= 0.3 is 0 Å². The fourth-order valence-corrected chi connectivity index (χ4v) is 6.05. The Hall–Kier alpha value is -3.24. The van der Waals surface area contributed by atoms with E-state index in [4.69, 9.17) is 18.8 Å². The Morgan fingerprint density at radius 3 is 2.51 bits per heavy atom. The summed E-state index contributed by atoms with van der Waals surface area (Å²) >= 11 is 1.09. The number of hydrogen-bond acceptors (Lipinski definition) is 10. The quantitative estimate of drug-likeness (QED) is 0.232. The molecule has 0 radical (unpaired) electrons. The van der Waals surface area contributed by atoms with Gasteiger partial charge in [0.2, 0.25) is 6.35 Å². The van der Waals surface area contributed by atoms with Gasteiger partial charge in [-0.15, -0.1) is 11.3 Å². The van der Waals surface area contributed by atoms with E-state index in [9.17, 15) is 27.4 Å². The average Bonchev–Trinajstić information content (AvgIpc) is 3.66. The maximum Gasteiger partial charge on any atom is 0.265 e. The lowest BCUT2D eigenvalue weighted by molar-refractivity contribution is 0.0896. The van der Waals surface area contributed by atoms with Crippen LogP contribution >= 0.6 is 11.3 Å². The summed E-state index contributed by atoms with van der Waals surface area (Å²) < 4.78 is 92.4. The van der Waals surface area contributed by atoms with Crippen molar-refractivity contribution in [3.05, 3.63) is 63.1 Å². The second-order valence-corrected chi connectivity index (χ2v) is 12.2. The predicted octanol–water partition coefficient (Wildman–Crippen LogP) is 4.17. The molecule has 2 unspecified atom stereocenters. The van der Waals surface area contributed by atoms with Crippen molar-refractivity contribution in [3.63, 3.8) is 0 Å². The molecule has 2 heterocycles. The molecule has 2 aliphatic rings. The van der Waals surface area contributed by atoms with E-state index in [1.165, 1.54) is 13.2 Å². The van der Waals surface area contributed by atoms with E-state index in [1.54, 1.807) is 5.38 Å². The highest BCUT2D eigenvalue weighted by atomic mass is 32.2. The molecule has 10 nitrogen and oxygen atoms in total. The number of ether oxygens (including phenoxy) is 3. The lowest BCUT2D eigenvalue weighted by atomic mass is 10.1. The van der Waals surface area contributed by atoms with Gasteiger partial charge in [0, 0.05) is 28.0 Å². The molecule has 3 aromatic rings. The molecular weight excluding hydrogens is 589 g/mol. The third kappa shape index (κ3) is 6.33. The Morgan fingerprint density at radius 2 is 1.83 bits per heavy atom. The van der Waals surface area contributed by atoms with Gasteiger partial charge < -0.3 is 29.7 Å². The summed E-state index contributed by atoms with van der Waals surface area (Å²) in [6.07, 6.45) is -1.42. The Morgan fingerprint density at radius 1 is 1.07 bits per heavy atom. The number of halogens is 3. The second-order valence-electron chi connectivity index (χ2n) is 9.66. The van der Waals surface area contributed by atoms with E-state index >= 15 is 4.39 Å². The lowest BCUT2D eigenvalue weighted by Crippen LogP contribution is -2.47. The van der Waals surface area contributed by atoms with Crippen molar-refractivity contribution < 1.29 is 50.6 Å². The van der Waals surface area contributed by atoms with Gasteiger partial charge in [0.15, 0.2) is 35.2 Å². The molecule has 41 heavy (non-hydrogen) atoms. The Kier molecular flexibility index (Phi) is 8.25. The molecule has 1 saturated carbocycles. The number of rotatable bonds is 11. The molecule has 2 aromatic carbocycles. The van der Waals surface area contributed by atoms with Crippen molar-refractivity contribution in [2.24, 2.45) is 5.92 Å². The highest BCUT2D eigenvalue weighted by Crippen LogP contribution is 2.44. The highest BCUT2D eigenvalue weighted by molar-refractivity contribution is 7.85. The molecular formula is C26H27F3N2O8S2. The second kappa shape index (κ2) is 11.6. The fourth-order valence-electron chi connectivity index (χ4n) is 4.44. The molecule has 1 aliphatic heterocycles. The topological polar surface area (TPSA) is 138 Å². The summed E-state index contributed by atoms with van der Waals surface area (Å²) in [5.41, 5.74) is -0.0244. The first kappa shape index (κ1) is 29.3. The molecule has 0 saturated heterocycles. The van der Waals surface area contributed by atoms with E-state index in [2.05, 4.69) is 5.32 Å². The largest absolute Gasteiger partial charge is 0.493 e. The number of aliphatic hydroxyl groups is 2. The van der Waals surface area contributed by atoms with Crippen LogP contribution in [-0.2, 0) is 23.1 Å². The van der Waals surface area contributed by atoms with Crippen molar-refractivity contribution in [2.75, 3.05) is 29.7 Å². The number of nitrogens with one attached hydrogen (secondary N) is 1. The Balaban J connectivity index is 1.44. The monoisotopic (exact) mass is 616 g/mol. The highest BCUT2D eigenvalue weighted by Gasteiger charge is 2.37. The predicted molar refractivity (Wildman–Crippen MR) is 143 cm³/mol. The van der Waals surface area contributed by atoms with Crippen LogP contribution in [0.15, 0.2) is 29.6 Å². The van der Waals surface area contributed by atoms with Gasteiger partial charge in [-0.25, -0.2) is 13.2 Å². The van der Waals surface area contributed by atoms with Crippen molar-refractivity contribution in [1.82, 2.24) is 0 Å². The number of nitrogens with zero attached hydrogens (tertiary/aromatic N) is 1. The van der Waals surface area contributed by atoms with Gasteiger partial charge in [-0.1, -0.05) is 0 Å². The molecule has 5 rings (SSSR count). The summed E-state index contributed by atoms with van der Waals surface area (Å²) in [5, 5.41) is 26.2. The smallest absolute Gasteiger partial charge is 0.265 e. The number of methoxy groups -OCH3 is 1. The lowest BCUT2D eigenvalue weighted by Gasteiger charge is -2.39. The maximum atomic E-state index is 15.3. The van der Waals surface area contributed by atoms with Crippen LogP contribution in [0.2, 0.25) is 0 Å². The van der Waals surface area contributed by atoms with Crippen LogP contribution in [0.1, 0.15) is 35.1 Å². The third-order valence-electron chi connectivity index (χ3n) is 6.77. The summed E-state index contributed by atoms with van der Waals surface area (Å²) in [6.45, 7) is -0.167. The molecule has 1 fully saturated rings. The first-order chi connectivity index (χ1) is 19.5. The molecule has 15 heteroatoms. The number of anilines is 2. The van der Waals surface area contributed by atoms with E-state index < -0.39 is 52.5 Å². The first-order valence-corrected chi connectivity index (χ1v) is 15.0. The minimum atomic E-state index is -4.29. The standard InChI is InChI=1S/C26H27F3N2O8S2/c1-37-20-8-16(28)18(31-25(32)23-17(30-26(31)33)12-40-22(23)6-7-41(34,35)36)9-21(20)39-11-14-19(38-10-13-2-3-13)5-4-15(27)24(14)29/h4-5,8-9,12-13,25-26,30,32-33H,2-3,6-7,10-11H2,1H3,(H,34,35,36). The van der Waals surface area contributed by atoms with Crippen LogP contribution < -0.4 is 24.4 Å². The minimum absolute atomic E-state index is 0.0949. The van der Waals surface area contributed by atoms with Crippen LogP contribution in [0.4, 0.5) is 24.5 Å². The molecule has 4 N–H and O–H groups in total. The van der Waals surface area contributed by atoms with E-state index in [1.807, 2.05) is 0 Å².